The topological polar surface area (TPSA) is 111 Å². The summed E-state index contributed by atoms with van der Waals surface area (Å²) in [5.41, 5.74) is 7.72. The van der Waals surface area contributed by atoms with Gasteiger partial charge in [-0.25, -0.2) is 0 Å². The van der Waals surface area contributed by atoms with Crippen molar-refractivity contribution in [3.8, 4) is 17.2 Å². The second-order valence-corrected chi connectivity index (χ2v) is 7.38. The van der Waals surface area contributed by atoms with Gasteiger partial charge in [0.15, 0.2) is 5.69 Å². The number of esters is 1. The van der Waals surface area contributed by atoms with Crippen LogP contribution in [0.3, 0.4) is 0 Å². The Morgan fingerprint density at radius 3 is 2.54 bits per heavy atom. The van der Waals surface area contributed by atoms with E-state index in [9.17, 15) is 9.59 Å². The molecule has 1 heterocycles. The Bertz CT molecular complexity index is 1120. The molecule has 3 rings (SSSR count). The minimum Gasteiger partial charge on any atom is -0.459 e. The molecule has 0 spiro atoms. The highest BCUT2D eigenvalue weighted by atomic mass is 16.6. The second kappa shape index (κ2) is 7.16. The largest absolute Gasteiger partial charge is 0.459 e. The molecule has 0 fully saturated rings. The molecule has 0 unspecified atom stereocenters. The van der Waals surface area contributed by atoms with Crippen LogP contribution in [0.25, 0.3) is 22.0 Å². The number of fused-ring (bicyclic) bond motifs is 1. The van der Waals surface area contributed by atoms with Gasteiger partial charge in [0, 0.05) is 5.39 Å². The van der Waals surface area contributed by atoms with E-state index in [-0.39, 0.29) is 12.2 Å². The number of aromatic nitrogens is 2. The first-order valence-electron chi connectivity index (χ1n) is 8.71. The van der Waals surface area contributed by atoms with Crippen molar-refractivity contribution in [3.63, 3.8) is 0 Å². The van der Waals surface area contributed by atoms with E-state index in [0.717, 1.165) is 11.1 Å². The van der Waals surface area contributed by atoms with Gasteiger partial charge in [0.1, 0.15) is 12.1 Å². The molecule has 0 saturated carbocycles. The molecule has 7 heteroatoms. The monoisotopic (exact) mass is 376 g/mol. The molecular weight excluding hydrogens is 356 g/mol. The minimum absolute atomic E-state index is 0.0804. The summed E-state index contributed by atoms with van der Waals surface area (Å²) in [4.78, 5) is 24.1. The van der Waals surface area contributed by atoms with E-state index >= 15 is 0 Å². The number of hydrogen-bond donors (Lipinski definition) is 1. The van der Waals surface area contributed by atoms with E-state index in [0.29, 0.717) is 16.5 Å². The summed E-state index contributed by atoms with van der Waals surface area (Å²) in [6.45, 7) is 5.21. The molecule has 28 heavy (non-hydrogen) atoms. The molecule has 0 aliphatic rings. The van der Waals surface area contributed by atoms with Crippen molar-refractivity contribution in [1.82, 2.24) is 9.78 Å². The van der Waals surface area contributed by atoms with Gasteiger partial charge in [0.25, 0.3) is 5.91 Å². The van der Waals surface area contributed by atoms with Gasteiger partial charge < -0.3 is 10.5 Å². The van der Waals surface area contributed by atoms with E-state index < -0.39 is 17.5 Å². The van der Waals surface area contributed by atoms with Crippen LogP contribution in [-0.2, 0) is 16.1 Å². The van der Waals surface area contributed by atoms with Crippen LogP contribution in [0.5, 0.6) is 0 Å². The van der Waals surface area contributed by atoms with E-state index in [1.54, 1.807) is 51.1 Å². The molecule has 0 bridgehead atoms. The summed E-state index contributed by atoms with van der Waals surface area (Å²) < 4.78 is 6.75. The van der Waals surface area contributed by atoms with Crippen molar-refractivity contribution < 1.29 is 14.3 Å². The maximum atomic E-state index is 12.2. The third-order valence-electron chi connectivity index (χ3n) is 4.01. The molecule has 0 aliphatic heterocycles. The van der Waals surface area contributed by atoms with Crippen LogP contribution in [-0.4, -0.2) is 27.3 Å². The van der Waals surface area contributed by atoms with Crippen molar-refractivity contribution in [1.29, 1.82) is 5.26 Å². The molecule has 142 valence electrons. The number of ether oxygens (including phenoxy) is 1. The Balaban J connectivity index is 2.05. The lowest BCUT2D eigenvalue weighted by atomic mass is 10.0. The van der Waals surface area contributed by atoms with Gasteiger partial charge in [-0.3, -0.25) is 14.3 Å². The Morgan fingerprint density at radius 2 is 1.89 bits per heavy atom. The number of amides is 1. The van der Waals surface area contributed by atoms with Gasteiger partial charge >= 0.3 is 5.97 Å². The maximum absolute atomic E-state index is 12.2. The highest BCUT2D eigenvalue weighted by Gasteiger charge is 2.21. The fraction of sp³-hybridized carbons (Fsp3) is 0.238. The van der Waals surface area contributed by atoms with Crippen LogP contribution in [0.2, 0.25) is 0 Å². The quantitative estimate of drug-likeness (QED) is 0.704. The number of nitrogens with zero attached hydrogens (tertiary/aromatic N) is 3. The molecule has 0 atom stereocenters. The van der Waals surface area contributed by atoms with Gasteiger partial charge in [-0.05, 0) is 56.2 Å². The van der Waals surface area contributed by atoms with Crippen LogP contribution in [0.15, 0.2) is 42.5 Å². The Morgan fingerprint density at radius 1 is 1.18 bits per heavy atom. The van der Waals surface area contributed by atoms with Crippen molar-refractivity contribution >= 4 is 22.8 Å². The normalized spacial score (nSPS) is 11.2. The van der Waals surface area contributed by atoms with Gasteiger partial charge in [0.2, 0.25) is 0 Å². The number of benzene rings is 2. The van der Waals surface area contributed by atoms with Crippen LogP contribution >= 0.6 is 0 Å². The number of primary amides is 1. The van der Waals surface area contributed by atoms with Gasteiger partial charge in [-0.15, -0.1) is 0 Å². The van der Waals surface area contributed by atoms with Crippen molar-refractivity contribution in [2.45, 2.75) is 32.9 Å². The van der Waals surface area contributed by atoms with E-state index in [2.05, 4.69) is 11.2 Å². The first-order valence-corrected chi connectivity index (χ1v) is 8.71. The predicted molar refractivity (Wildman–Crippen MR) is 104 cm³/mol. The molecule has 0 saturated heterocycles. The number of carbonyl (C=O) groups excluding carboxylic acids is 2. The van der Waals surface area contributed by atoms with Crippen molar-refractivity contribution in [2.75, 3.05) is 0 Å². The highest BCUT2D eigenvalue weighted by molar-refractivity contribution is 6.05. The maximum Gasteiger partial charge on any atom is 0.328 e. The van der Waals surface area contributed by atoms with Gasteiger partial charge in [-0.2, -0.15) is 10.4 Å². The van der Waals surface area contributed by atoms with Crippen LogP contribution in [0.1, 0.15) is 36.8 Å². The molecular formula is C21H20N4O3. The Kier molecular flexibility index (Phi) is 4.89. The number of carbonyl (C=O) groups is 2. The summed E-state index contributed by atoms with van der Waals surface area (Å²) in [5, 5.41) is 13.9. The van der Waals surface area contributed by atoms with E-state index in [4.69, 9.17) is 15.7 Å². The van der Waals surface area contributed by atoms with Crippen LogP contribution < -0.4 is 5.73 Å². The molecule has 0 radical (unpaired) electrons. The molecule has 2 aromatic carbocycles. The molecule has 2 N–H and O–H groups in total. The summed E-state index contributed by atoms with van der Waals surface area (Å²) in [5.74, 6) is -1.14. The number of nitriles is 1. The lowest BCUT2D eigenvalue weighted by Gasteiger charge is -2.19. The Hall–Kier alpha value is -3.66. The zero-order chi connectivity index (χ0) is 20.5. The first-order chi connectivity index (χ1) is 13.2. The lowest BCUT2D eigenvalue weighted by Crippen LogP contribution is -2.27. The average Bonchev–Trinajstić information content (AvgIpc) is 2.98. The lowest BCUT2D eigenvalue weighted by molar-refractivity contribution is -0.155. The molecule has 0 aliphatic carbocycles. The minimum atomic E-state index is -0.684. The zero-order valence-corrected chi connectivity index (χ0v) is 15.9. The van der Waals surface area contributed by atoms with E-state index in [1.807, 2.05) is 12.1 Å². The Labute approximate surface area is 162 Å². The fourth-order valence-electron chi connectivity index (χ4n) is 2.93. The molecule has 7 nitrogen and oxygen atoms in total. The van der Waals surface area contributed by atoms with Gasteiger partial charge in [-0.1, -0.05) is 18.2 Å². The van der Waals surface area contributed by atoms with Crippen LogP contribution in [0, 0.1) is 11.3 Å². The second-order valence-electron chi connectivity index (χ2n) is 7.38. The summed E-state index contributed by atoms with van der Waals surface area (Å²) >= 11 is 0. The number of hydrogen-bond acceptors (Lipinski definition) is 5. The SMILES string of the molecule is CC(C)(C)OC(=O)Cn1nc(C(N)=O)c2cc(-c3cccc(C#N)c3)ccc21. The predicted octanol–water partition coefficient (Wildman–Crippen LogP) is 3.02. The molecule has 3 aromatic rings. The highest BCUT2D eigenvalue weighted by Crippen LogP contribution is 2.27. The first kappa shape index (κ1) is 19.1. The van der Waals surface area contributed by atoms with Crippen molar-refractivity contribution in [3.05, 3.63) is 53.7 Å². The third-order valence-corrected chi connectivity index (χ3v) is 4.01. The zero-order valence-electron chi connectivity index (χ0n) is 15.9. The van der Waals surface area contributed by atoms with Gasteiger partial charge in [0.05, 0.1) is 17.1 Å². The standard InChI is InChI=1S/C21H20N4O3/c1-21(2,3)28-18(26)12-25-17-8-7-15(10-16(17)19(24-25)20(23)27)14-6-4-5-13(9-14)11-22/h4-10H,12H2,1-3H3,(H2,23,27). The average molecular weight is 376 g/mol. The number of rotatable bonds is 4. The smallest absolute Gasteiger partial charge is 0.328 e. The molecule has 1 aromatic heterocycles. The summed E-state index contributed by atoms with van der Waals surface area (Å²) in [7, 11) is 0. The van der Waals surface area contributed by atoms with Crippen molar-refractivity contribution in [2.24, 2.45) is 5.73 Å². The third kappa shape index (κ3) is 4.01. The van der Waals surface area contributed by atoms with Crippen LogP contribution in [0.4, 0.5) is 0 Å². The summed E-state index contributed by atoms with van der Waals surface area (Å²) in [6.07, 6.45) is 0. The number of nitrogens with two attached hydrogens (primary N) is 1. The fourth-order valence-corrected chi connectivity index (χ4v) is 2.93. The molecule has 1 amide bonds. The van der Waals surface area contributed by atoms with E-state index in [1.165, 1.54) is 4.68 Å². The summed E-state index contributed by atoms with van der Waals surface area (Å²) in [6, 6.07) is 14.6.